The third kappa shape index (κ3) is 3.77. The van der Waals surface area contributed by atoms with Gasteiger partial charge in [0.2, 0.25) is 0 Å². The van der Waals surface area contributed by atoms with Gasteiger partial charge in [-0.25, -0.2) is 13.2 Å². The fourth-order valence-corrected chi connectivity index (χ4v) is 4.17. The summed E-state index contributed by atoms with van der Waals surface area (Å²) in [6, 6.07) is 2.87. The molecule has 106 valence electrons. The topological polar surface area (TPSA) is 80.7 Å². The van der Waals surface area contributed by atoms with Crippen molar-refractivity contribution in [3.05, 3.63) is 27.7 Å². The Kier molecular flexibility index (Phi) is 5.51. The molecule has 0 unspecified atom stereocenters. The van der Waals surface area contributed by atoms with Crippen LogP contribution in [0, 0.1) is 6.92 Å². The van der Waals surface area contributed by atoms with Crippen molar-refractivity contribution in [1.29, 1.82) is 0 Å². The zero-order chi connectivity index (χ0) is 14.6. The van der Waals surface area contributed by atoms with Crippen LogP contribution in [0.25, 0.3) is 0 Å². The van der Waals surface area contributed by atoms with E-state index < -0.39 is 15.8 Å². The molecule has 0 fully saturated rings. The summed E-state index contributed by atoms with van der Waals surface area (Å²) in [6.45, 7) is 1.49. The van der Waals surface area contributed by atoms with E-state index in [9.17, 15) is 13.2 Å². The largest absolute Gasteiger partial charge is 0.465 e. The highest BCUT2D eigenvalue weighted by atomic mass is 79.9. The molecule has 1 N–H and O–H groups in total. The molecule has 0 heterocycles. The number of aliphatic hydroxyl groups excluding tert-OH is 1. The summed E-state index contributed by atoms with van der Waals surface area (Å²) < 4.78 is 29.2. The Bertz CT molecular complexity index is 580. The summed E-state index contributed by atoms with van der Waals surface area (Å²) in [5.74, 6) is -0.755. The van der Waals surface area contributed by atoms with Gasteiger partial charge in [-0.3, -0.25) is 0 Å². The second kappa shape index (κ2) is 6.49. The van der Waals surface area contributed by atoms with Crippen molar-refractivity contribution in [3.8, 4) is 0 Å². The van der Waals surface area contributed by atoms with Gasteiger partial charge in [-0.15, -0.1) is 0 Å². The molecule has 0 amide bonds. The van der Waals surface area contributed by atoms with E-state index in [-0.39, 0.29) is 29.2 Å². The SMILES string of the molecule is COC(=O)c1cc(S(=O)(=O)CCCO)c(Br)cc1C. The van der Waals surface area contributed by atoms with Gasteiger partial charge >= 0.3 is 5.97 Å². The molecule has 5 nitrogen and oxygen atoms in total. The number of ether oxygens (including phenoxy) is 1. The van der Waals surface area contributed by atoms with Gasteiger partial charge < -0.3 is 9.84 Å². The maximum absolute atomic E-state index is 12.1. The standard InChI is InChI=1S/C12H15BrO5S/c1-8-6-10(13)11(7-9(8)12(15)18-2)19(16,17)5-3-4-14/h6-7,14H,3-5H2,1-2H3. The number of rotatable bonds is 5. The number of benzene rings is 1. The second-order valence-corrected chi connectivity index (χ2v) is 6.92. The van der Waals surface area contributed by atoms with Gasteiger partial charge in [0.25, 0.3) is 0 Å². The molecule has 0 radical (unpaired) electrons. The van der Waals surface area contributed by atoms with Gasteiger partial charge in [-0.2, -0.15) is 0 Å². The molecule has 1 aromatic rings. The summed E-state index contributed by atoms with van der Waals surface area (Å²) in [4.78, 5) is 11.6. The van der Waals surface area contributed by atoms with Crippen molar-refractivity contribution in [2.75, 3.05) is 19.5 Å². The number of esters is 1. The number of carbonyl (C=O) groups excluding carboxylic acids is 1. The maximum Gasteiger partial charge on any atom is 0.338 e. The van der Waals surface area contributed by atoms with Crippen LogP contribution in [0.4, 0.5) is 0 Å². The molecule has 0 spiro atoms. The average Bonchev–Trinajstić information content (AvgIpc) is 2.35. The molecular weight excluding hydrogens is 336 g/mol. The van der Waals surface area contributed by atoms with Crippen LogP contribution in [-0.2, 0) is 14.6 Å². The molecule has 0 bridgehead atoms. The molecular formula is C12H15BrO5S. The third-order valence-electron chi connectivity index (χ3n) is 2.59. The fourth-order valence-electron chi connectivity index (χ4n) is 1.59. The maximum atomic E-state index is 12.1. The third-order valence-corrected chi connectivity index (χ3v) is 5.34. The minimum absolute atomic E-state index is 0.0342. The number of halogens is 1. The first kappa shape index (κ1) is 16.1. The normalized spacial score (nSPS) is 11.4. The second-order valence-electron chi connectivity index (χ2n) is 3.99. The summed E-state index contributed by atoms with van der Waals surface area (Å²) in [5.41, 5.74) is 0.841. The van der Waals surface area contributed by atoms with E-state index in [4.69, 9.17) is 5.11 Å². The van der Waals surface area contributed by atoms with Gasteiger partial charge in [-0.1, -0.05) is 0 Å². The van der Waals surface area contributed by atoms with Crippen molar-refractivity contribution in [2.45, 2.75) is 18.2 Å². The Labute approximate surface area is 120 Å². The molecule has 0 aliphatic heterocycles. The zero-order valence-electron chi connectivity index (χ0n) is 10.6. The predicted molar refractivity (Wildman–Crippen MR) is 74.0 cm³/mol. The lowest BCUT2D eigenvalue weighted by Gasteiger charge is -2.10. The summed E-state index contributed by atoms with van der Waals surface area (Å²) >= 11 is 3.19. The lowest BCUT2D eigenvalue weighted by atomic mass is 10.1. The molecule has 19 heavy (non-hydrogen) atoms. The quantitative estimate of drug-likeness (QED) is 0.817. The summed E-state index contributed by atoms with van der Waals surface area (Å²) in [5, 5.41) is 8.72. The highest BCUT2D eigenvalue weighted by Crippen LogP contribution is 2.27. The van der Waals surface area contributed by atoms with Crippen molar-refractivity contribution >= 4 is 31.7 Å². The number of carbonyl (C=O) groups is 1. The predicted octanol–water partition coefficient (Wildman–Crippen LogP) is 1.70. The van der Waals surface area contributed by atoms with E-state index in [1.807, 2.05) is 0 Å². The van der Waals surface area contributed by atoms with Crippen molar-refractivity contribution in [2.24, 2.45) is 0 Å². The fraction of sp³-hybridized carbons (Fsp3) is 0.417. The van der Waals surface area contributed by atoms with Crippen LogP contribution in [0.2, 0.25) is 0 Å². The smallest absolute Gasteiger partial charge is 0.338 e. The van der Waals surface area contributed by atoms with Crippen LogP contribution >= 0.6 is 15.9 Å². The number of aryl methyl sites for hydroxylation is 1. The molecule has 7 heteroatoms. The monoisotopic (exact) mass is 350 g/mol. The highest BCUT2D eigenvalue weighted by Gasteiger charge is 2.21. The van der Waals surface area contributed by atoms with Crippen molar-refractivity contribution in [3.63, 3.8) is 0 Å². The Morgan fingerprint density at radius 1 is 1.42 bits per heavy atom. The van der Waals surface area contributed by atoms with Gasteiger partial charge in [0.05, 0.1) is 23.3 Å². The van der Waals surface area contributed by atoms with Gasteiger partial charge in [0.15, 0.2) is 9.84 Å². The van der Waals surface area contributed by atoms with Crippen LogP contribution in [0.5, 0.6) is 0 Å². The first-order valence-electron chi connectivity index (χ1n) is 5.55. The van der Waals surface area contributed by atoms with Gasteiger partial charge in [0.1, 0.15) is 0 Å². The lowest BCUT2D eigenvalue weighted by Crippen LogP contribution is -2.12. The molecule has 0 aliphatic rings. The zero-order valence-corrected chi connectivity index (χ0v) is 13.0. The number of sulfone groups is 1. The molecule has 0 saturated carbocycles. The van der Waals surface area contributed by atoms with Gasteiger partial charge in [-0.05, 0) is 47.0 Å². The van der Waals surface area contributed by atoms with Crippen molar-refractivity contribution < 1.29 is 23.1 Å². The summed E-state index contributed by atoms with van der Waals surface area (Å²) in [6.07, 6.45) is 0.149. The molecule has 0 aliphatic carbocycles. The molecule has 0 saturated heterocycles. The van der Waals surface area contributed by atoms with Crippen LogP contribution < -0.4 is 0 Å². The van der Waals surface area contributed by atoms with E-state index in [1.165, 1.54) is 13.2 Å². The van der Waals surface area contributed by atoms with E-state index in [0.717, 1.165) is 0 Å². The number of aliphatic hydroxyl groups is 1. The minimum atomic E-state index is -3.55. The van der Waals surface area contributed by atoms with E-state index in [2.05, 4.69) is 20.7 Å². The minimum Gasteiger partial charge on any atom is -0.465 e. The Morgan fingerprint density at radius 2 is 2.05 bits per heavy atom. The Hall–Kier alpha value is -0.920. The molecule has 1 aromatic carbocycles. The molecule has 0 atom stereocenters. The Morgan fingerprint density at radius 3 is 2.58 bits per heavy atom. The van der Waals surface area contributed by atoms with Crippen LogP contribution in [0.15, 0.2) is 21.5 Å². The van der Waals surface area contributed by atoms with Crippen molar-refractivity contribution in [1.82, 2.24) is 0 Å². The average molecular weight is 351 g/mol. The van der Waals surface area contributed by atoms with E-state index in [0.29, 0.717) is 10.0 Å². The van der Waals surface area contributed by atoms with Crippen LogP contribution in [0.1, 0.15) is 22.3 Å². The van der Waals surface area contributed by atoms with E-state index >= 15 is 0 Å². The molecule has 0 aromatic heterocycles. The highest BCUT2D eigenvalue weighted by molar-refractivity contribution is 9.10. The number of hydrogen-bond donors (Lipinski definition) is 1. The number of methoxy groups -OCH3 is 1. The summed E-state index contributed by atoms with van der Waals surface area (Å²) in [7, 11) is -2.31. The first-order valence-corrected chi connectivity index (χ1v) is 8.00. The van der Waals surface area contributed by atoms with Crippen LogP contribution in [-0.4, -0.2) is 39.0 Å². The Balaban J connectivity index is 3.32. The van der Waals surface area contributed by atoms with Crippen LogP contribution in [0.3, 0.4) is 0 Å². The first-order chi connectivity index (χ1) is 8.83. The lowest BCUT2D eigenvalue weighted by molar-refractivity contribution is 0.0599. The van der Waals surface area contributed by atoms with E-state index in [1.54, 1.807) is 13.0 Å². The molecule has 1 rings (SSSR count). The number of hydrogen-bond acceptors (Lipinski definition) is 5. The van der Waals surface area contributed by atoms with Gasteiger partial charge in [0, 0.05) is 11.1 Å².